The molecule has 0 heterocycles. The number of rotatable bonds is 7. The van der Waals surface area contributed by atoms with Crippen LogP contribution in [0.25, 0.3) is 0 Å². The largest absolute Gasteiger partial charge is 0.398 e. The molecule has 2 N–H and O–H groups in total. The van der Waals surface area contributed by atoms with Gasteiger partial charge in [-0.15, -0.1) is 0 Å². The zero-order chi connectivity index (χ0) is 14.3. The van der Waals surface area contributed by atoms with Crippen LogP contribution in [0.4, 0.5) is 5.69 Å². The molecule has 0 aliphatic rings. The monoisotopic (exact) mass is 282 g/mol. The van der Waals surface area contributed by atoms with Crippen molar-refractivity contribution in [3.05, 3.63) is 28.8 Å². The van der Waals surface area contributed by atoms with Gasteiger partial charge in [-0.3, -0.25) is 4.79 Å². The SMILES string of the molecule is CCCCN(CC)C(=O)CCc1ccc(Cl)c(N)c1. The minimum absolute atomic E-state index is 0.212. The molecule has 0 spiro atoms. The van der Waals surface area contributed by atoms with Gasteiger partial charge in [-0.25, -0.2) is 0 Å². The number of amides is 1. The topological polar surface area (TPSA) is 46.3 Å². The molecule has 4 heteroatoms. The summed E-state index contributed by atoms with van der Waals surface area (Å²) in [4.78, 5) is 14.0. The van der Waals surface area contributed by atoms with Crippen molar-refractivity contribution in [2.45, 2.75) is 39.5 Å². The Hall–Kier alpha value is -1.22. The van der Waals surface area contributed by atoms with E-state index in [-0.39, 0.29) is 5.91 Å². The molecular weight excluding hydrogens is 260 g/mol. The van der Waals surface area contributed by atoms with Crippen molar-refractivity contribution < 1.29 is 4.79 Å². The normalized spacial score (nSPS) is 10.5. The first-order chi connectivity index (χ1) is 9.08. The van der Waals surface area contributed by atoms with Crippen LogP contribution in [0.3, 0.4) is 0 Å². The minimum atomic E-state index is 0.212. The number of carbonyl (C=O) groups excluding carboxylic acids is 1. The average molecular weight is 283 g/mol. The van der Waals surface area contributed by atoms with E-state index in [1.165, 1.54) is 0 Å². The van der Waals surface area contributed by atoms with Crippen LogP contribution in [0.1, 0.15) is 38.7 Å². The maximum Gasteiger partial charge on any atom is 0.222 e. The van der Waals surface area contributed by atoms with E-state index in [0.29, 0.717) is 23.6 Å². The van der Waals surface area contributed by atoms with E-state index in [0.717, 1.165) is 31.5 Å². The lowest BCUT2D eigenvalue weighted by atomic mass is 10.1. The van der Waals surface area contributed by atoms with Crippen molar-refractivity contribution in [1.29, 1.82) is 0 Å². The predicted molar refractivity (Wildman–Crippen MR) is 81.3 cm³/mol. The molecule has 106 valence electrons. The van der Waals surface area contributed by atoms with E-state index in [1.54, 1.807) is 6.07 Å². The Morgan fingerprint density at radius 2 is 2.11 bits per heavy atom. The number of aryl methyl sites for hydroxylation is 1. The third-order valence-electron chi connectivity index (χ3n) is 3.20. The molecule has 3 nitrogen and oxygen atoms in total. The molecule has 0 aliphatic carbocycles. The lowest BCUT2D eigenvalue weighted by Gasteiger charge is -2.20. The lowest BCUT2D eigenvalue weighted by Crippen LogP contribution is -2.31. The van der Waals surface area contributed by atoms with Gasteiger partial charge < -0.3 is 10.6 Å². The first-order valence-electron chi connectivity index (χ1n) is 6.90. The highest BCUT2D eigenvalue weighted by Crippen LogP contribution is 2.20. The smallest absolute Gasteiger partial charge is 0.222 e. The number of unbranched alkanes of at least 4 members (excludes halogenated alkanes) is 1. The number of carbonyl (C=O) groups is 1. The van der Waals surface area contributed by atoms with Crippen molar-refractivity contribution in [2.75, 3.05) is 18.8 Å². The van der Waals surface area contributed by atoms with E-state index in [1.807, 2.05) is 24.0 Å². The summed E-state index contributed by atoms with van der Waals surface area (Å²) in [6.07, 6.45) is 3.41. The van der Waals surface area contributed by atoms with Gasteiger partial charge >= 0.3 is 0 Å². The summed E-state index contributed by atoms with van der Waals surface area (Å²) in [5.74, 6) is 0.212. The average Bonchev–Trinajstić information content (AvgIpc) is 2.41. The second kappa shape index (κ2) is 8.05. The van der Waals surface area contributed by atoms with E-state index < -0.39 is 0 Å². The second-order valence-electron chi connectivity index (χ2n) is 4.68. The minimum Gasteiger partial charge on any atom is -0.398 e. The molecule has 0 radical (unpaired) electrons. The summed E-state index contributed by atoms with van der Waals surface area (Å²) < 4.78 is 0. The highest BCUT2D eigenvalue weighted by molar-refractivity contribution is 6.33. The van der Waals surface area contributed by atoms with Crippen LogP contribution in [0.5, 0.6) is 0 Å². The first kappa shape index (κ1) is 15.8. The molecule has 0 aromatic heterocycles. The quantitative estimate of drug-likeness (QED) is 0.778. The maximum absolute atomic E-state index is 12.1. The van der Waals surface area contributed by atoms with Gasteiger partial charge in [-0.2, -0.15) is 0 Å². The summed E-state index contributed by atoms with van der Waals surface area (Å²) in [6.45, 7) is 5.79. The zero-order valence-corrected chi connectivity index (χ0v) is 12.5. The Kier molecular flexibility index (Phi) is 6.71. The first-order valence-corrected chi connectivity index (χ1v) is 7.28. The molecule has 1 amide bonds. The van der Waals surface area contributed by atoms with Crippen molar-refractivity contribution in [1.82, 2.24) is 4.90 Å². The lowest BCUT2D eigenvalue weighted by molar-refractivity contribution is -0.131. The van der Waals surface area contributed by atoms with Crippen LogP contribution in [0.15, 0.2) is 18.2 Å². The van der Waals surface area contributed by atoms with E-state index in [4.69, 9.17) is 17.3 Å². The molecule has 1 aromatic rings. The molecule has 1 aromatic carbocycles. The Bertz CT molecular complexity index is 421. The van der Waals surface area contributed by atoms with Crippen LogP contribution in [0.2, 0.25) is 5.02 Å². The fourth-order valence-corrected chi connectivity index (χ4v) is 2.08. The number of hydrogen-bond donors (Lipinski definition) is 1. The third kappa shape index (κ3) is 5.11. The molecule has 0 saturated heterocycles. The Morgan fingerprint density at radius 1 is 1.37 bits per heavy atom. The number of nitrogen functional groups attached to an aromatic ring is 1. The van der Waals surface area contributed by atoms with Crippen LogP contribution in [0, 0.1) is 0 Å². The number of anilines is 1. The van der Waals surface area contributed by atoms with Gasteiger partial charge in [0.15, 0.2) is 0 Å². The maximum atomic E-state index is 12.1. The van der Waals surface area contributed by atoms with Crippen LogP contribution >= 0.6 is 11.6 Å². The van der Waals surface area contributed by atoms with Gasteiger partial charge in [0.1, 0.15) is 0 Å². The molecule has 0 aliphatic heterocycles. The van der Waals surface area contributed by atoms with E-state index in [9.17, 15) is 4.79 Å². The molecule has 0 fully saturated rings. The highest BCUT2D eigenvalue weighted by Gasteiger charge is 2.11. The summed E-state index contributed by atoms with van der Waals surface area (Å²) in [5.41, 5.74) is 7.38. The molecule has 0 atom stereocenters. The summed E-state index contributed by atoms with van der Waals surface area (Å²) in [7, 11) is 0. The molecule has 1 rings (SSSR count). The highest BCUT2D eigenvalue weighted by atomic mass is 35.5. The third-order valence-corrected chi connectivity index (χ3v) is 3.55. The van der Waals surface area contributed by atoms with E-state index in [2.05, 4.69) is 6.92 Å². The van der Waals surface area contributed by atoms with Crippen LogP contribution in [-0.4, -0.2) is 23.9 Å². The van der Waals surface area contributed by atoms with Crippen LogP contribution < -0.4 is 5.73 Å². The summed E-state index contributed by atoms with van der Waals surface area (Å²) in [5, 5.41) is 0.563. The standard InChI is InChI=1S/C15H23ClN2O/c1-3-5-10-18(4-2)15(19)9-7-12-6-8-13(16)14(17)11-12/h6,8,11H,3-5,7,9-10,17H2,1-2H3. The number of nitrogens with two attached hydrogens (primary N) is 1. The number of nitrogens with zero attached hydrogens (tertiary/aromatic N) is 1. The van der Waals surface area contributed by atoms with E-state index >= 15 is 0 Å². The molecular formula is C15H23ClN2O. The number of halogens is 1. The van der Waals surface area contributed by atoms with Crippen molar-refractivity contribution in [3.63, 3.8) is 0 Å². The Morgan fingerprint density at radius 3 is 2.68 bits per heavy atom. The van der Waals surface area contributed by atoms with Gasteiger partial charge in [-0.05, 0) is 37.5 Å². The van der Waals surface area contributed by atoms with Crippen molar-refractivity contribution >= 4 is 23.2 Å². The fourth-order valence-electron chi connectivity index (χ4n) is 1.97. The van der Waals surface area contributed by atoms with Crippen molar-refractivity contribution in [2.24, 2.45) is 0 Å². The summed E-state index contributed by atoms with van der Waals surface area (Å²) in [6, 6.07) is 5.55. The predicted octanol–water partition coefficient (Wildman–Crippen LogP) is 3.50. The molecule has 0 bridgehead atoms. The van der Waals surface area contributed by atoms with Gasteiger partial charge in [0.2, 0.25) is 5.91 Å². The van der Waals surface area contributed by atoms with Gasteiger partial charge in [0.25, 0.3) is 0 Å². The van der Waals surface area contributed by atoms with Gasteiger partial charge in [-0.1, -0.05) is 31.0 Å². The fraction of sp³-hybridized carbons (Fsp3) is 0.533. The zero-order valence-electron chi connectivity index (χ0n) is 11.8. The molecule has 0 unspecified atom stereocenters. The Labute approximate surface area is 120 Å². The molecule has 0 saturated carbocycles. The van der Waals surface area contributed by atoms with Crippen molar-refractivity contribution in [3.8, 4) is 0 Å². The Balaban J connectivity index is 2.50. The second-order valence-corrected chi connectivity index (χ2v) is 5.09. The van der Waals surface area contributed by atoms with Crippen LogP contribution in [-0.2, 0) is 11.2 Å². The van der Waals surface area contributed by atoms with Gasteiger partial charge in [0, 0.05) is 19.5 Å². The number of benzene rings is 1. The summed E-state index contributed by atoms with van der Waals surface area (Å²) >= 11 is 5.87. The molecule has 19 heavy (non-hydrogen) atoms. The number of hydrogen-bond acceptors (Lipinski definition) is 2. The van der Waals surface area contributed by atoms with Gasteiger partial charge in [0.05, 0.1) is 10.7 Å².